The van der Waals surface area contributed by atoms with Gasteiger partial charge < -0.3 is 20.4 Å². The van der Waals surface area contributed by atoms with Crippen molar-refractivity contribution < 1.29 is 0 Å². The van der Waals surface area contributed by atoms with E-state index < -0.39 is 0 Å². The molecule has 2 N–H and O–H groups in total. The summed E-state index contributed by atoms with van der Waals surface area (Å²) in [5, 5.41) is 50.8. The molecule has 0 saturated heterocycles. The van der Waals surface area contributed by atoms with Crippen molar-refractivity contribution in [3.8, 4) is 30.3 Å². The van der Waals surface area contributed by atoms with Crippen LogP contribution in [-0.4, -0.2) is 99.8 Å². The van der Waals surface area contributed by atoms with Crippen molar-refractivity contribution in [3.05, 3.63) is 0 Å². The van der Waals surface area contributed by atoms with Gasteiger partial charge in [0.25, 0.3) is 0 Å². The van der Waals surface area contributed by atoms with Gasteiger partial charge in [-0.1, -0.05) is 0 Å². The van der Waals surface area contributed by atoms with Gasteiger partial charge in [0, 0.05) is 117 Å². The lowest BCUT2D eigenvalue weighted by atomic mass is 10.3. The zero-order chi connectivity index (χ0) is 24.4. The van der Waals surface area contributed by atoms with Gasteiger partial charge in [0.1, 0.15) is 0 Å². The van der Waals surface area contributed by atoms with E-state index in [1.54, 1.807) is 0 Å². The van der Waals surface area contributed by atoms with Crippen LogP contribution in [0.2, 0.25) is 0 Å². The third-order valence-electron chi connectivity index (χ3n) is 5.12. The van der Waals surface area contributed by atoms with Crippen LogP contribution in [0.4, 0.5) is 0 Å². The lowest BCUT2D eigenvalue weighted by Crippen LogP contribution is -2.41. The molecular formula is C23H38N10. The molecule has 0 fully saturated rings. The van der Waals surface area contributed by atoms with E-state index in [1.807, 2.05) is 0 Å². The predicted molar refractivity (Wildman–Crippen MR) is 126 cm³/mol. The minimum absolute atomic E-state index is 0.467. The van der Waals surface area contributed by atoms with Gasteiger partial charge in [0.2, 0.25) is 0 Å². The summed E-state index contributed by atoms with van der Waals surface area (Å²) < 4.78 is 0. The van der Waals surface area contributed by atoms with Crippen molar-refractivity contribution in [2.75, 3.05) is 85.1 Å². The third-order valence-corrected chi connectivity index (χ3v) is 5.12. The Morgan fingerprint density at radius 2 is 0.576 bits per heavy atom. The van der Waals surface area contributed by atoms with E-state index in [1.165, 1.54) is 0 Å². The molecule has 33 heavy (non-hydrogen) atoms. The third kappa shape index (κ3) is 19.6. The second kappa shape index (κ2) is 23.9. The number of hydrogen-bond acceptors (Lipinski definition) is 10. The van der Waals surface area contributed by atoms with Crippen LogP contribution in [0.1, 0.15) is 32.1 Å². The Morgan fingerprint density at radius 3 is 0.788 bits per heavy atom. The largest absolute Gasteiger partial charge is 0.314 e. The fourth-order valence-electron chi connectivity index (χ4n) is 3.25. The van der Waals surface area contributed by atoms with E-state index in [0.29, 0.717) is 58.3 Å². The zero-order valence-electron chi connectivity index (χ0n) is 19.8. The summed E-state index contributed by atoms with van der Waals surface area (Å²) in [6.07, 6.45) is 2.36. The van der Waals surface area contributed by atoms with Crippen LogP contribution >= 0.6 is 0 Å². The molecule has 0 aromatic carbocycles. The highest BCUT2D eigenvalue weighted by atomic mass is 15.2. The maximum absolute atomic E-state index is 8.93. The number of nitrogens with zero attached hydrogens (tertiary/aromatic N) is 8. The summed E-state index contributed by atoms with van der Waals surface area (Å²) in [5.41, 5.74) is 0. The summed E-state index contributed by atoms with van der Waals surface area (Å²) in [7, 11) is 0. The Kier molecular flexibility index (Phi) is 21.9. The van der Waals surface area contributed by atoms with E-state index in [9.17, 15) is 0 Å². The standard InChI is InChI=1S/C23H38N10/c24-6-1-15-31(16-2-7-25)20-11-29-13-22-33(19-5-10-28)23-14-30-12-21-32(17-3-8-26)18-4-9-27/h29-30H,1-5,11-23H2. The number of rotatable bonds is 22. The molecule has 0 rings (SSSR count). The van der Waals surface area contributed by atoms with Gasteiger partial charge >= 0.3 is 0 Å². The van der Waals surface area contributed by atoms with Gasteiger partial charge in [-0.15, -0.1) is 0 Å². The van der Waals surface area contributed by atoms with E-state index in [2.05, 4.69) is 55.7 Å². The highest BCUT2D eigenvalue weighted by molar-refractivity contribution is 4.78. The van der Waals surface area contributed by atoms with Crippen molar-refractivity contribution in [1.82, 2.24) is 25.3 Å². The predicted octanol–water partition coefficient (Wildman–Crippen LogP) is 0.640. The summed E-state index contributed by atoms with van der Waals surface area (Å²) in [6, 6.07) is 10.8. The van der Waals surface area contributed by atoms with E-state index in [4.69, 9.17) is 26.3 Å². The Morgan fingerprint density at radius 1 is 0.364 bits per heavy atom. The van der Waals surface area contributed by atoms with Gasteiger partial charge in [0.05, 0.1) is 30.3 Å². The van der Waals surface area contributed by atoms with Gasteiger partial charge in [-0.05, 0) is 0 Å². The Balaban J connectivity index is 4.15. The fourth-order valence-corrected chi connectivity index (χ4v) is 3.25. The van der Waals surface area contributed by atoms with Crippen LogP contribution < -0.4 is 10.6 Å². The molecule has 0 aliphatic carbocycles. The average Bonchev–Trinajstić information content (AvgIpc) is 2.83. The minimum Gasteiger partial charge on any atom is -0.314 e. The van der Waals surface area contributed by atoms with Crippen molar-refractivity contribution in [1.29, 1.82) is 26.3 Å². The molecule has 10 nitrogen and oxygen atoms in total. The quantitative estimate of drug-likeness (QED) is 0.223. The maximum Gasteiger partial charge on any atom is 0.0635 e. The summed E-state index contributed by atoms with van der Waals surface area (Å²) in [6.45, 7) is 9.97. The Labute approximate surface area is 199 Å². The first kappa shape index (κ1) is 30.2. The molecule has 0 aliphatic heterocycles. The molecule has 0 heterocycles. The van der Waals surface area contributed by atoms with Gasteiger partial charge in [-0.3, -0.25) is 4.90 Å². The molecule has 0 saturated carbocycles. The van der Waals surface area contributed by atoms with Crippen LogP contribution in [-0.2, 0) is 0 Å². The highest BCUT2D eigenvalue weighted by Crippen LogP contribution is 1.95. The van der Waals surface area contributed by atoms with E-state index >= 15 is 0 Å². The molecule has 0 aliphatic rings. The van der Waals surface area contributed by atoms with Crippen LogP contribution in [0.3, 0.4) is 0 Å². The van der Waals surface area contributed by atoms with Gasteiger partial charge in [-0.2, -0.15) is 26.3 Å². The lowest BCUT2D eigenvalue weighted by molar-refractivity contribution is 0.258. The second-order valence-electron chi connectivity index (χ2n) is 7.57. The van der Waals surface area contributed by atoms with Crippen LogP contribution in [0.5, 0.6) is 0 Å². The Hall–Kier alpha value is -2.75. The molecule has 10 heteroatoms. The second-order valence-corrected chi connectivity index (χ2v) is 7.57. The van der Waals surface area contributed by atoms with E-state index in [-0.39, 0.29) is 0 Å². The zero-order valence-corrected chi connectivity index (χ0v) is 19.8. The van der Waals surface area contributed by atoms with Crippen molar-refractivity contribution in [2.24, 2.45) is 0 Å². The number of hydrogen-bond donors (Lipinski definition) is 2. The smallest absolute Gasteiger partial charge is 0.0635 e. The fraction of sp³-hybridized carbons (Fsp3) is 0.783. The van der Waals surface area contributed by atoms with Crippen LogP contribution in [0, 0.1) is 56.7 Å². The minimum atomic E-state index is 0.467. The van der Waals surface area contributed by atoms with Crippen molar-refractivity contribution in [2.45, 2.75) is 32.1 Å². The molecule has 0 atom stereocenters. The van der Waals surface area contributed by atoms with Crippen molar-refractivity contribution >= 4 is 0 Å². The maximum atomic E-state index is 8.93. The highest BCUT2D eigenvalue weighted by Gasteiger charge is 2.07. The average molecular weight is 455 g/mol. The molecule has 0 unspecified atom stereocenters. The molecule has 0 aromatic heterocycles. The van der Waals surface area contributed by atoms with Crippen LogP contribution in [0.25, 0.3) is 0 Å². The molecule has 0 radical (unpaired) electrons. The first-order valence-electron chi connectivity index (χ1n) is 11.6. The number of nitrogens with one attached hydrogen (secondary N) is 2. The molecule has 0 amide bonds. The summed E-state index contributed by atoms with van der Waals surface area (Å²) in [4.78, 5) is 6.52. The normalized spacial score (nSPS) is 10.5. The van der Waals surface area contributed by atoms with Crippen LogP contribution in [0.15, 0.2) is 0 Å². The van der Waals surface area contributed by atoms with Crippen molar-refractivity contribution in [3.63, 3.8) is 0 Å². The number of nitriles is 5. The van der Waals surface area contributed by atoms with Gasteiger partial charge in [-0.25, -0.2) is 0 Å². The summed E-state index contributed by atoms with van der Waals surface area (Å²) in [5.74, 6) is 0. The van der Waals surface area contributed by atoms with E-state index in [0.717, 1.165) is 58.9 Å². The topological polar surface area (TPSA) is 153 Å². The molecule has 180 valence electrons. The molecule has 0 bridgehead atoms. The summed E-state index contributed by atoms with van der Waals surface area (Å²) >= 11 is 0. The Bertz CT molecular complexity index is 590. The lowest BCUT2D eigenvalue weighted by Gasteiger charge is -2.24. The molecule has 0 aromatic rings. The monoisotopic (exact) mass is 454 g/mol. The first-order valence-corrected chi connectivity index (χ1v) is 11.6. The molecular weight excluding hydrogens is 416 g/mol. The first-order chi connectivity index (χ1) is 16.2. The SMILES string of the molecule is N#CCCN(CCC#N)CCNCCN(CCC#N)CCNCCN(CCC#N)CCC#N. The molecule has 0 spiro atoms. The van der Waals surface area contributed by atoms with Gasteiger partial charge in [0.15, 0.2) is 0 Å².